The van der Waals surface area contributed by atoms with Crippen LogP contribution in [0.5, 0.6) is 0 Å². The van der Waals surface area contributed by atoms with Gasteiger partial charge in [-0.25, -0.2) is 0 Å². The van der Waals surface area contributed by atoms with Gasteiger partial charge in [0.05, 0.1) is 11.2 Å². The summed E-state index contributed by atoms with van der Waals surface area (Å²) in [6.45, 7) is 8.24. The van der Waals surface area contributed by atoms with Crippen LogP contribution >= 0.6 is 0 Å². The molecule has 0 aliphatic carbocycles. The molecule has 2 heteroatoms. The standard InChI is InChI=1S/C8H16O2/c1-5-6-8(4,10)7(2,3)9/h5,9-10H,1,6H2,2-4H3. The van der Waals surface area contributed by atoms with Crippen LogP contribution in [0.3, 0.4) is 0 Å². The van der Waals surface area contributed by atoms with E-state index in [1.165, 1.54) is 0 Å². The molecule has 0 spiro atoms. The summed E-state index contributed by atoms with van der Waals surface area (Å²) in [7, 11) is 0. The van der Waals surface area contributed by atoms with Crippen LogP contribution in [0.4, 0.5) is 0 Å². The van der Waals surface area contributed by atoms with Crippen molar-refractivity contribution in [3.63, 3.8) is 0 Å². The highest BCUT2D eigenvalue weighted by Crippen LogP contribution is 2.24. The van der Waals surface area contributed by atoms with Crippen molar-refractivity contribution in [3.8, 4) is 0 Å². The van der Waals surface area contributed by atoms with Gasteiger partial charge in [0.2, 0.25) is 0 Å². The van der Waals surface area contributed by atoms with Gasteiger partial charge in [-0.1, -0.05) is 6.08 Å². The lowest BCUT2D eigenvalue weighted by molar-refractivity contribution is -0.117. The van der Waals surface area contributed by atoms with Gasteiger partial charge in [0.25, 0.3) is 0 Å². The lowest BCUT2D eigenvalue weighted by atomic mass is 9.85. The summed E-state index contributed by atoms with van der Waals surface area (Å²) >= 11 is 0. The van der Waals surface area contributed by atoms with Crippen molar-refractivity contribution in [3.05, 3.63) is 12.7 Å². The molecule has 0 aromatic heterocycles. The summed E-state index contributed by atoms with van der Waals surface area (Å²) in [6, 6.07) is 0. The maximum Gasteiger partial charge on any atom is 0.0934 e. The molecule has 0 heterocycles. The van der Waals surface area contributed by atoms with Gasteiger partial charge in [0, 0.05) is 0 Å². The molecule has 0 aliphatic rings. The zero-order chi connectivity index (χ0) is 8.41. The number of hydrogen-bond donors (Lipinski definition) is 2. The maximum absolute atomic E-state index is 9.53. The van der Waals surface area contributed by atoms with E-state index in [0.29, 0.717) is 6.42 Å². The van der Waals surface area contributed by atoms with Gasteiger partial charge in [0.1, 0.15) is 0 Å². The third kappa shape index (κ3) is 2.12. The Morgan fingerprint density at radius 3 is 1.80 bits per heavy atom. The van der Waals surface area contributed by atoms with Crippen LogP contribution in [-0.2, 0) is 0 Å². The Morgan fingerprint density at radius 1 is 1.30 bits per heavy atom. The van der Waals surface area contributed by atoms with Crippen molar-refractivity contribution >= 4 is 0 Å². The highest BCUT2D eigenvalue weighted by Gasteiger charge is 2.35. The fourth-order valence-corrected chi connectivity index (χ4v) is 0.531. The number of aliphatic hydroxyl groups is 2. The lowest BCUT2D eigenvalue weighted by Gasteiger charge is -2.34. The van der Waals surface area contributed by atoms with Crippen molar-refractivity contribution in [1.29, 1.82) is 0 Å². The van der Waals surface area contributed by atoms with E-state index in [-0.39, 0.29) is 0 Å². The van der Waals surface area contributed by atoms with E-state index in [0.717, 1.165) is 0 Å². The highest BCUT2D eigenvalue weighted by atomic mass is 16.3. The molecule has 0 aromatic carbocycles. The Morgan fingerprint density at radius 2 is 1.70 bits per heavy atom. The average Bonchev–Trinajstić information content (AvgIpc) is 1.61. The molecule has 0 aromatic rings. The minimum Gasteiger partial charge on any atom is -0.387 e. The second kappa shape index (κ2) is 2.72. The van der Waals surface area contributed by atoms with Crippen molar-refractivity contribution < 1.29 is 10.2 Å². The van der Waals surface area contributed by atoms with E-state index in [2.05, 4.69) is 6.58 Å². The SMILES string of the molecule is C=CCC(C)(O)C(C)(C)O. The Hall–Kier alpha value is -0.340. The molecule has 1 atom stereocenters. The first-order chi connectivity index (χ1) is 4.31. The molecular formula is C8H16O2. The minimum atomic E-state index is -1.07. The van der Waals surface area contributed by atoms with Gasteiger partial charge in [0.15, 0.2) is 0 Å². The van der Waals surface area contributed by atoms with E-state index < -0.39 is 11.2 Å². The Kier molecular flexibility index (Phi) is 2.63. The zero-order valence-corrected chi connectivity index (χ0v) is 6.89. The van der Waals surface area contributed by atoms with E-state index in [4.69, 9.17) is 0 Å². The van der Waals surface area contributed by atoms with Crippen LogP contribution in [0.1, 0.15) is 27.2 Å². The van der Waals surface area contributed by atoms with Crippen LogP contribution in [0, 0.1) is 0 Å². The first kappa shape index (κ1) is 9.66. The normalized spacial score (nSPS) is 18.1. The quantitative estimate of drug-likeness (QED) is 0.582. The fourth-order valence-electron chi connectivity index (χ4n) is 0.531. The highest BCUT2D eigenvalue weighted by molar-refractivity contribution is 4.94. The van der Waals surface area contributed by atoms with Crippen molar-refractivity contribution in [2.75, 3.05) is 0 Å². The van der Waals surface area contributed by atoms with E-state index in [1.807, 2.05) is 0 Å². The van der Waals surface area contributed by atoms with Gasteiger partial charge in [-0.3, -0.25) is 0 Å². The van der Waals surface area contributed by atoms with Gasteiger partial charge in [-0.2, -0.15) is 0 Å². The third-order valence-corrected chi connectivity index (χ3v) is 1.86. The summed E-state index contributed by atoms with van der Waals surface area (Å²) in [6.07, 6.45) is 1.99. The summed E-state index contributed by atoms with van der Waals surface area (Å²) in [5, 5.41) is 18.9. The summed E-state index contributed by atoms with van der Waals surface area (Å²) in [4.78, 5) is 0. The van der Waals surface area contributed by atoms with E-state index >= 15 is 0 Å². The Bertz CT molecular complexity index is 120. The largest absolute Gasteiger partial charge is 0.387 e. The molecule has 0 saturated carbocycles. The van der Waals surface area contributed by atoms with Crippen LogP contribution in [0.2, 0.25) is 0 Å². The van der Waals surface area contributed by atoms with Crippen LogP contribution < -0.4 is 0 Å². The van der Waals surface area contributed by atoms with Crippen LogP contribution in [0.15, 0.2) is 12.7 Å². The molecular weight excluding hydrogens is 128 g/mol. The topological polar surface area (TPSA) is 40.5 Å². The first-order valence-corrected chi connectivity index (χ1v) is 3.37. The Balaban J connectivity index is 4.23. The molecule has 2 N–H and O–H groups in total. The molecule has 0 aliphatic heterocycles. The van der Waals surface area contributed by atoms with Crippen LogP contribution in [0.25, 0.3) is 0 Å². The average molecular weight is 144 g/mol. The maximum atomic E-state index is 9.53. The second-order valence-electron chi connectivity index (χ2n) is 3.33. The predicted molar refractivity (Wildman–Crippen MR) is 41.7 cm³/mol. The molecule has 0 saturated heterocycles. The molecule has 0 rings (SSSR count). The molecule has 0 fully saturated rings. The first-order valence-electron chi connectivity index (χ1n) is 3.37. The second-order valence-corrected chi connectivity index (χ2v) is 3.33. The molecule has 0 amide bonds. The molecule has 2 nitrogen and oxygen atoms in total. The number of hydrogen-bond acceptors (Lipinski definition) is 2. The molecule has 10 heavy (non-hydrogen) atoms. The van der Waals surface area contributed by atoms with E-state index in [9.17, 15) is 10.2 Å². The van der Waals surface area contributed by atoms with Gasteiger partial charge >= 0.3 is 0 Å². The smallest absolute Gasteiger partial charge is 0.0934 e. The van der Waals surface area contributed by atoms with Gasteiger partial charge in [-0.15, -0.1) is 6.58 Å². The Labute approximate surface area is 62.2 Å². The summed E-state index contributed by atoms with van der Waals surface area (Å²) in [5.74, 6) is 0. The van der Waals surface area contributed by atoms with Gasteiger partial charge in [-0.05, 0) is 27.2 Å². The monoisotopic (exact) mass is 144 g/mol. The molecule has 60 valence electrons. The molecule has 0 bridgehead atoms. The molecule has 0 radical (unpaired) electrons. The van der Waals surface area contributed by atoms with Gasteiger partial charge < -0.3 is 10.2 Å². The predicted octanol–water partition coefficient (Wildman–Crippen LogP) is 1.08. The van der Waals surface area contributed by atoms with Crippen LogP contribution in [-0.4, -0.2) is 21.4 Å². The third-order valence-electron chi connectivity index (χ3n) is 1.86. The molecule has 1 unspecified atom stereocenters. The van der Waals surface area contributed by atoms with Crippen molar-refractivity contribution in [2.24, 2.45) is 0 Å². The van der Waals surface area contributed by atoms with E-state index in [1.54, 1.807) is 26.8 Å². The summed E-state index contributed by atoms with van der Waals surface area (Å²) < 4.78 is 0. The lowest BCUT2D eigenvalue weighted by Crippen LogP contribution is -2.47. The summed E-state index contributed by atoms with van der Waals surface area (Å²) in [5.41, 5.74) is -2.14. The van der Waals surface area contributed by atoms with Crippen molar-refractivity contribution in [2.45, 2.75) is 38.4 Å². The zero-order valence-electron chi connectivity index (χ0n) is 6.89. The fraction of sp³-hybridized carbons (Fsp3) is 0.750. The minimum absolute atomic E-state index is 0.399. The number of rotatable bonds is 3. The van der Waals surface area contributed by atoms with Crippen molar-refractivity contribution in [1.82, 2.24) is 0 Å².